The summed E-state index contributed by atoms with van der Waals surface area (Å²) in [5.41, 5.74) is 8.03. The van der Waals surface area contributed by atoms with Gasteiger partial charge < -0.3 is 11.1 Å². The van der Waals surface area contributed by atoms with E-state index in [1.165, 1.54) is 12.1 Å². The quantitative estimate of drug-likeness (QED) is 0.870. The van der Waals surface area contributed by atoms with Gasteiger partial charge >= 0.3 is 0 Å². The lowest BCUT2D eigenvalue weighted by Gasteiger charge is -2.29. The summed E-state index contributed by atoms with van der Waals surface area (Å²) in [5.74, 6) is 0.181. The molecule has 0 aromatic heterocycles. The molecule has 0 fully saturated rings. The van der Waals surface area contributed by atoms with E-state index in [-0.39, 0.29) is 17.9 Å². The molecule has 0 spiro atoms. The van der Waals surface area contributed by atoms with Gasteiger partial charge in [0.2, 0.25) is 0 Å². The number of nitrogens with two attached hydrogens (primary N) is 1. The van der Waals surface area contributed by atoms with Crippen LogP contribution in [-0.4, -0.2) is 5.96 Å². The molecule has 3 rings (SSSR count). The van der Waals surface area contributed by atoms with E-state index in [0.717, 1.165) is 22.0 Å². The highest BCUT2D eigenvalue weighted by Crippen LogP contribution is 2.33. The topological polar surface area (TPSA) is 50.4 Å². The molecule has 0 saturated heterocycles. The van der Waals surface area contributed by atoms with E-state index < -0.39 is 0 Å². The van der Waals surface area contributed by atoms with Gasteiger partial charge in [0.1, 0.15) is 5.82 Å². The van der Waals surface area contributed by atoms with E-state index >= 15 is 0 Å². The molecule has 1 heterocycles. The van der Waals surface area contributed by atoms with Crippen LogP contribution in [0.25, 0.3) is 0 Å². The smallest absolute Gasteiger partial charge is 0.189 e. The second kappa shape index (κ2) is 5.85. The first-order valence-electron chi connectivity index (χ1n) is 6.72. The van der Waals surface area contributed by atoms with Gasteiger partial charge in [-0.15, -0.1) is 0 Å². The molecular weight excluding hydrogens is 333 g/mol. The lowest BCUT2D eigenvalue weighted by atomic mass is 9.94. The van der Waals surface area contributed by atoms with Gasteiger partial charge in [0.15, 0.2) is 5.96 Å². The molecule has 108 valence electrons. The maximum atomic E-state index is 13.0. The number of halogens is 2. The van der Waals surface area contributed by atoms with Crippen LogP contribution >= 0.6 is 15.9 Å². The van der Waals surface area contributed by atoms with Crippen molar-refractivity contribution >= 4 is 21.9 Å². The summed E-state index contributed by atoms with van der Waals surface area (Å²) in [5, 5.41) is 3.16. The van der Waals surface area contributed by atoms with Crippen molar-refractivity contribution in [3.8, 4) is 0 Å². The number of hydrogen-bond donors (Lipinski definition) is 2. The van der Waals surface area contributed by atoms with Crippen molar-refractivity contribution in [3.05, 3.63) is 69.9 Å². The van der Waals surface area contributed by atoms with Crippen LogP contribution in [0.4, 0.5) is 4.39 Å². The molecule has 21 heavy (non-hydrogen) atoms. The SMILES string of the molecule is NC1=NC(c2cccc(Br)c2)CC(c2ccc(F)cc2)N1. The second-order valence-electron chi connectivity index (χ2n) is 5.07. The number of hydrogen-bond acceptors (Lipinski definition) is 3. The van der Waals surface area contributed by atoms with Gasteiger partial charge in [0.25, 0.3) is 0 Å². The molecule has 1 aliphatic heterocycles. The van der Waals surface area contributed by atoms with E-state index in [0.29, 0.717) is 5.96 Å². The zero-order valence-electron chi connectivity index (χ0n) is 11.3. The van der Waals surface area contributed by atoms with Gasteiger partial charge in [-0.2, -0.15) is 0 Å². The zero-order valence-corrected chi connectivity index (χ0v) is 12.8. The van der Waals surface area contributed by atoms with Gasteiger partial charge in [-0.3, -0.25) is 0 Å². The molecule has 5 heteroatoms. The van der Waals surface area contributed by atoms with Gasteiger partial charge in [0, 0.05) is 4.47 Å². The fourth-order valence-corrected chi connectivity index (χ4v) is 2.97. The van der Waals surface area contributed by atoms with E-state index in [9.17, 15) is 4.39 Å². The third-order valence-electron chi connectivity index (χ3n) is 3.58. The summed E-state index contributed by atoms with van der Waals surface area (Å²) < 4.78 is 14.1. The van der Waals surface area contributed by atoms with Crippen molar-refractivity contribution in [1.82, 2.24) is 5.32 Å². The highest BCUT2D eigenvalue weighted by molar-refractivity contribution is 9.10. The van der Waals surface area contributed by atoms with Crippen LogP contribution < -0.4 is 11.1 Å². The fraction of sp³-hybridized carbons (Fsp3) is 0.188. The standard InChI is InChI=1S/C16H15BrFN3/c17-12-3-1-2-11(8-12)15-9-14(20-16(19)21-15)10-4-6-13(18)7-5-10/h1-8,14-15H,9H2,(H3,19,20,21). The molecule has 2 unspecified atom stereocenters. The molecule has 0 bridgehead atoms. The average molecular weight is 348 g/mol. The Morgan fingerprint density at radius 3 is 2.62 bits per heavy atom. The van der Waals surface area contributed by atoms with Crippen LogP contribution in [0.5, 0.6) is 0 Å². The normalized spacial score (nSPS) is 21.5. The summed E-state index contributed by atoms with van der Waals surface area (Å²) in [6.07, 6.45) is 0.781. The molecular formula is C16H15BrFN3. The van der Waals surface area contributed by atoms with Crippen molar-refractivity contribution in [2.24, 2.45) is 10.7 Å². The highest BCUT2D eigenvalue weighted by Gasteiger charge is 2.24. The van der Waals surface area contributed by atoms with E-state index in [1.807, 2.05) is 18.2 Å². The van der Waals surface area contributed by atoms with Gasteiger partial charge in [-0.25, -0.2) is 9.38 Å². The number of guanidine groups is 1. The first-order valence-corrected chi connectivity index (χ1v) is 7.52. The Bertz CT molecular complexity index is 669. The fourth-order valence-electron chi connectivity index (χ4n) is 2.56. The molecule has 2 aromatic rings. The predicted octanol–water partition coefficient (Wildman–Crippen LogP) is 3.68. The summed E-state index contributed by atoms with van der Waals surface area (Å²) in [6, 6.07) is 14.6. The molecule has 0 radical (unpaired) electrons. The van der Waals surface area contributed by atoms with Crippen molar-refractivity contribution in [1.29, 1.82) is 0 Å². The van der Waals surface area contributed by atoms with Crippen molar-refractivity contribution in [3.63, 3.8) is 0 Å². The summed E-state index contributed by atoms with van der Waals surface area (Å²) in [4.78, 5) is 4.48. The first-order chi connectivity index (χ1) is 10.1. The number of benzene rings is 2. The summed E-state index contributed by atoms with van der Waals surface area (Å²) in [6.45, 7) is 0. The monoisotopic (exact) mass is 347 g/mol. The van der Waals surface area contributed by atoms with Crippen molar-refractivity contribution in [2.75, 3.05) is 0 Å². The third-order valence-corrected chi connectivity index (χ3v) is 4.08. The van der Waals surface area contributed by atoms with Crippen LogP contribution in [0.1, 0.15) is 29.6 Å². The Morgan fingerprint density at radius 2 is 1.90 bits per heavy atom. The number of aliphatic imine (C=N–C) groups is 1. The van der Waals surface area contributed by atoms with Crippen LogP contribution in [0, 0.1) is 5.82 Å². The van der Waals surface area contributed by atoms with E-state index in [4.69, 9.17) is 5.73 Å². The Labute approximate surface area is 131 Å². The van der Waals surface area contributed by atoms with Crippen LogP contribution in [0.2, 0.25) is 0 Å². The lowest BCUT2D eigenvalue weighted by Crippen LogP contribution is -2.39. The Morgan fingerprint density at radius 1 is 1.14 bits per heavy atom. The minimum atomic E-state index is -0.236. The van der Waals surface area contributed by atoms with Gasteiger partial charge in [-0.1, -0.05) is 40.2 Å². The van der Waals surface area contributed by atoms with Crippen molar-refractivity contribution in [2.45, 2.75) is 18.5 Å². The second-order valence-corrected chi connectivity index (χ2v) is 5.98. The highest BCUT2D eigenvalue weighted by atomic mass is 79.9. The predicted molar refractivity (Wildman–Crippen MR) is 85.4 cm³/mol. The largest absolute Gasteiger partial charge is 0.370 e. The van der Waals surface area contributed by atoms with Gasteiger partial charge in [-0.05, 0) is 41.8 Å². The molecule has 0 amide bonds. The molecule has 3 nitrogen and oxygen atoms in total. The maximum Gasteiger partial charge on any atom is 0.189 e. The van der Waals surface area contributed by atoms with Gasteiger partial charge in [0.05, 0.1) is 12.1 Å². The zero-order chi connectivity index (χ0) is 14.8. The molecule has 2 atom stereocenters. The molecule has 3 N–H and O–H groups in total. The first kappa shape index (κ1) is 14.1. The van der Waals surface area contributed by atoms with Crippen LogP contribution in [-0.2, 0) is 0 Å². The molecule has 1 aliphatic rings. The maximum absolute atomic E-state index is 13.0. The Balaban J connectivity index is 1.87. The van der Waals surface area contributed by atoms with Crippen molar-refractivity contribution < 1.29 is 4.39 Å². The minimum absolute atomic E-state index is 0.00111. The number of nitrogens with one attached hydrogen (secondary N) is 1. The number of rotatable bonds is 2. The van der Waals surface area contributed by atoms with E-state index in [2.05, 4.69) is 32.3 Å². The summed E-state index contributed by atoms with van der Waals surface area (Å²) in [7, 11) is 0. The molecule has 0 aliphatic carbocycles. The molecule has 0 saturated carbocycles. The average Bonchev–Trinajstić information content (AvgIpc) is 2.47. The lowest BCUT2D eigenvalue weighted by molar-refractivity contribution is 0.486. The minimum Gasteiger partial charge on any atom is -0.370 e. The third kappa shape index (κ3) is 3.24. The van der Waals surface area contributed by atoms with E-state index in [1.54, 1.807) is 12.1 Å². The Hall–Kier alpha value is -1.88. The van der Waals surface area contributed by atoms with Crippen LogP contribution in [0.15, 0.2) is 58.0 Å². The summed E-state index contributed by atoms with van der Waals surface area (Å²) >= 11 is 3.47. The number of nitrogens with zero attached hydrogens (tertiary/aromatic N) is 1. The Kier molecular flexibility index (Phi) is 3.92. The van der Waals surface area contributed by atoms with Crippen LogP contribution in [0.3, 0.4) is 0 Å². The molecule has 2 aromatic carbocycles.